The first-order chi connectivity index (χ1) is 18.9. The van der Waals surface area contributed by atoms with Crippen LogP contribution in [0.25, 0.3) is 10.9 Å². The van der Waals surface area contributed by atoms with E-state index in [1.165, 1.54) is 0 Å². The minimum atomic E-state index is -1.27. The predicted octanol–water partition coefficient (Wildman–Crippen LogP) is -0.373. The number of hydrogen-bond acceptors (Lipinski definition) is 7. The number of carboxylic acids is 1. The predicted molar refractivity (Wildman–Crippen MR) is 150 cm³/mol. The van der Waals surface area contributed by atoms with Crippen LogP contribution in [0.1, 0.15) is 51.5 Å². The Labute approximate surface area is 233 Å². The standard InChI is InChI=1S/C27H41N7O6/c1-15(2)11-21(25(37)32-20(27(39)40)9-5-6-10-28)34-26(38)22(33-24(36)18(29)13-23(30)35)12-16-14-31-19-8-4-3-7-17(16)19/h3-4,7-8,14-15,18,20-22,31H,5-6,9-13,28-29H2,1-2H3,(H2,30,35)(H,32,37)(H,33,36)(H,34,38)(H,39,40). The van der Waals surface area contributed by atoms with E-state index in [2.05, 4.69) is 20.9 Å². The van der Waals surface area contributed by atoms with Crippen LogP contribution in [0.2, 0.25) is 0 Å². The number of benzene rings is 1. The molecule has 0 aliphatic carbocycles. The molecule has 13 nitrogen and oxygen atoms in total. The van der Waals surface area contributed by atoms with Gasteiger partial charge in [-0.25, -0.2) is 4.79 Å². The van der Waals surface area contributed by atoms with E-state index >= 15 is 0 Å². The number of unbranched alkanes of at least 4 members (excludes halogenated alkanes) is 1. The number of aliphatic carboxylic acids is 1. The molecule has 220 valence electrons. The zero-order chi connectivity index (χ0) is 29.8. The van der Waals surface area contributed by atoms with Crippen molar-refractivity contribution >= 4 is 40.5 Å². The number of carbonyl (C=O) groups excluding carboxylic acids is 4. The molecule has 0 bridgehead atoms. The molecule has 0 radical (unpaired) electrons. The number of hydrogen-bond donors (Lipinski definition) is 8. The molecule has 0 aliphatic heterocycles. The fraction of sp³-hybridized carbons (Fsp3) is 0.519. The van der Waals surface area contributed by atoms with Gasteiger partial charge >= 0.3 is 5.97 Å². The van der Waals surface area contributed by atoms with Crippen molar-refractivity contribution in [2.75, 3.05) is 6.54 Å². The Balaban J connectivity index is 2.28. The molecule has 1 aromatic carbocycles. The number of primary amides is 1. The summed E-state index contributed by atoms with van der Waals surface area (Å²) in [6, 6.07) is 2.79. The van der Waals surface area contributed by atoms with Crippen molar-refractivity contribution < 1.29 is 29.1 Å². The normalized spacial score (nSPS) is 14.2. The Kier molecular flexibility index (Phi) is 12.6. The molecule has 4 amide bonds. The highest BCUT2D eigenvalue weighted by Gasteiger charge is 2.31. The van der Waals surface area contributed by atoms with Gasteiger partial charge in [-0.1, -0.05) is 32.0 Å². The summed E-state index contributed by atoms with van der Waals surface area (Å²) < 4.78 is 0. The molecule has 40 heavy (non-hydrogen) atoms. The Morgan fingerprint density at radius 1 is 0.925 bits per heavy atom. The van der Waals surface area contributed by atoms with Gasteiger partial charge in [0.1, 0.15) is 18.1 Å². The van der Waals surface area contributed by atoms with Gasteiger partial charge < -0.3 is 43.2 Å². The third-order valence-corrected chi connectivity index (χ3v) is 6.39. The molecule has 2 aromatic rings. The summed E-state index contributed by atoms with van der Waals surface area (Å²) >= 11 is 0. The number of nitrogens with two attached hydrogens (primary N) is 3. The van der Waals surface area contributed by atoms with E-state index in [1.54, 1.807) is 6.20 Å². The van der Waals surface area contributed by atoms with Crippen LogP contribution in [0, 0.1) is 5.92 Å². The lowest BCUT2D eigenvalue weighted by atomic mass is 10.00. The molecule has 0 saturated carbocycles. The lowest BCUT2D eigenvalue weighted by Crippen LogP contribution is -2.58. The molecule has 0 fully saturated rings. The number of nitrogens with one attached hydrogen (secondary N) is 4. The first-order valence-corrected chi connectivity index (χ1v) is 13.4. The van der Waals surface area contributed by atoms with Gasteiger partial charge in [-0.2, -0.15) is 0 Å². The maximum atomic E-state index is 13.5. The van der Waals surface area contributed by atoms with E-state index in [0.29, 0.717) is 19.4 Å². The highest BCUT2D eigenvalue weighted by molar-refractivity contribution is 5.95. The van der Waals surface area contributed by atoms with E-state index in [0.717, 1.165) is 16.5 Å². The number of H-pyrrole nitrogens is 1. The monoisotopic (exact) mass is 559 g/mol. The van der Waals surface area contributed by atoms with E-state index in [9.17, 15) is 29.1 Å². The largest absolute Gasteiger partial charge is 0.480 e. The van der Waals surface area contributed by atoms with Gasteiger partial charge in [0.05, 0.1) is 12.5 Å². The van der Waals surface area contributed by atoms with Crippen molar-refractivity contribution in [1.82, 2.24) is 20.9 Å². The van der Waals surface area contributed by atoms with Crippen molar-refractivity contribution in [1.29, 1.82) is 0 Å². The van der Waals surface area contributed by atoms with Crippen LogP contribution in [0.5, 0.6) is 0 Å². The van der Waals surface area contributed by atoms with E-state index in [-0.39, 0.29) is 25.2 Å². The Morgan fingerprint density at radius 3 is 2.17 bits per heavy atom. The lowest BCUT2D eigenvalue weighted by Gasteiger charge is -2.26. The summed E-state index contributed by atoms with van der Waals surface area (Å²) in [4.78, 5) is 65.5. The van der Waals surface area contributed by atoms with Gasteiger partial charge in [0.25, 0.3) is 0 Å². The topological polar surface area (TPSA) is 236 Å². The zero-order valence-corrected chi connectivity index (χ0v) is 22.9. The van der Waals surface area contributed by atoms with Gasteiger partial charge in [0.2, 0.25) is 23.6 Å². The van der Waals surface area contributed by atoms with Crippen molar-refractivity contribution in [2.45, 2.75) is 76.5 Å². The van der Waals surface area contributed by atoms with Gasteiger partial charge in [-0.05, 0) is 49.8 Å². The quantitative estimate of drug-likeness (QED) is 0.119. The lowest BCUT2D eigenvalue weighted by molar-refractivity contribution is -0.142. The average molecular weight is 560 g/mol. The maximum absolute atomic E-state index is 13.5. The van der Waals surface area contributed by atoms with Gasteiger partial charge in [0, 0.05) is 23.5 Å². The van der Waals surface area contributed by atoms with Crippen LogP contribution in [0.4, 0.5) is 0 Å². The maximum Gasteiger partial charge on any atom is 0.326 e. The van der Waals surface area contributed by atoms with Gasteiger partial charge in [-0.15, -0.1) is 0 Å². The number of aromatic amines is 1. The summed E-state index contributed by atoms with van der Waals surface area (Å²) in [5, 5.41) is 18.2. The van der Waals surface area contributed by atoms with Crippen LogP contribution in [0.15, 0.2) is 30.5 Å². The first-order valence-electron chi connectivity index (χ1n) is 13.4. The number of para-hydroxylation sites is 1. The molecule has 0 saturated heterocycles. The van der Waals surface area contributed by atoms with E-state index < -0.39 is 60.2 Å². The number of aromatic nitrogens is 1. The number of amides is 4. The molecular formula is C27H41N7O6. The second kappa shape index (κ2) is 15.6. The minimum absolute atomic E-state index is 0.0257. The van der Waals surface area contributed by atoms with Crippen molar-refractivity contribution in [2.24, 2.45) is 23.1 Å². The van der Waals surface area contributed by atoms with Gasteiger partial charge in [0.15, 0.2) is 0 Å². The van der Waals surface area contributed by atoms with E-state index in [1.807, 2.05) is 38.1 Å². The fourth-order valence-electron chi connectivity index (χ4n) is 4.32. The SMILES string of the molecule is CC(C)CC(NC(=O)C(Cc1c[nH]c2ccccc12)NC(=O)C(N)CC(N)=O)C(=O)NC(CCCCN)C(=O)O. The molecule has 2 rings (SSSR count). The highest BCUT2D eigenvalue weighted by atomic mass is 16.4. The van der Waals surface area contributed by atoms with Crippen molar-refractivity contribution in [3.63, 3.8) is 0 Å². The van der Waals surface area contributed by atoms with Crippen LogP contribution in [-0.4, -0.2) is 70.4 Å². The molecule has 4 unspecified atom stereocenters. The molecule has 1 heterocycles. The summed E-state index contributed by atoms with van der Waals surface area (Å²) in [5.41, 5.74) is 18.0. The summed E-state index contributed by atoms with van der Waals surface area (Å²) in [6.07, 6.45) is 2.90. The molecule has 13 heteroatoms. The minimum Gasteiger partial charge on any atom is -0.480 e. The van der Waals surface area contributed by atoms with Crippen LogP contribution in [0.3, 0.4) is 0 Å². The Morgan fingerprint density at radius 2 is 1.55 bits per heavy atom. The highest BCUT2D eigenvalue weighted by Crippen LogP contribution is 2.19. The van der Waals surface area contributed by atoms with Crippen LogP contribution in [-0.2, 0) is 30.4 Å². The summed E-state index contributed by atoms with van der Waals surface area (Å²) in [7, 11) is 0. The molecule has 0 spiro atoms. The van der Waals surface area contributed by atoms with Crippen LogP contribution >= 0.6 is 0 Å². The molecule has 4 atom stereocenters. The van der Waals surface area contributed by atoms with Gasteiger partial charge in [-0.3, -0.25) is 19.2 Å². The van der Waals surface area contributed by atoms with Crippen molar-refractivity contribution in [3.05, 3.63) is 36.0 Å². The number of carboxylic acid groups (broad SMARTS) is 1. The Hall–Kier alpha value is -3.97. The Bertz CT molecular complexity index is 1180. The molecule has 0 aliphatic rings. The number of rotatable bonds is 17. The fourth-order valence-corrected chi connectivity index (χ4v) is 4.32. The molecule has 11 N–H and O–H groups in total. The van der Waals surface area contributed by atoms with Crippen molar-refractivity contribution in [3.8, 4) is 0 Å². The third-order valence-electron chi connectivity index (χ3n) is 6.39. The number of fused-ring (bicyclic) bond motifs is 1. The number of carbonyl (C=O) groups is 5. The second-order valence-corrected chi connectivity index (χ2v) is 10.3. The summed E-state index contributed by atoms with van der Waals surface area (Å²) in [5.74, 6) is -4.05. The smallest absolute Gasteiger partial charge is 0.326 e. The summed E-state index contributed by atoms with van der Waals surface area (Å²) in [6.45, 7) is 4.12. The van der Waals surface area contributed by atoms with E-state index in [4.69, 9.17) is 17.2 Å². The second-order valence-electron chi connectivity index (χ2n) is 10.3. The third kappa shape index (κ3) is 9.97. The first kappa shape index (κ1) is 32.2. The molecular weight excluding hydrogens is 518 g/mol. The zero-order valence-electron chi connectivity index (χ0n) is 22.9. The molecule has 1 aromatic heterocycles. The van der Waals surface area contributed by atoms with Crippen LogP contribution < -0.4 is 33.2 Å². The average Bonchev–Trinajstić information content (AvgIpc) is 3.29.